The summed E-state index contributed by atoms with van der Waals surface area (Å²) in [7, 11) is 3.08. The number of aromatic nitrogens is 1. The predicted molar refractivity (Wildman–Crippen MR) is 108 cm³/mol. The van der Waals surface area contributed by atoms with Crippen molar-refractivity contribution in [2.75, 3.05) is 27.3 Å². The molecule has 1 aliphatic rings. The lowest BCUT2D eigenvalue weighted by atomic mass is 10.2. The van der Waals surface area contributed by atoms with E-state index in [4.69, 9.17) is 25.8 Å². The Kier molecular flexibility index (Phi) is 6.90. The fraction of sp³-hybridized carbons (Fsp3) is 0.333. The van der Waals surface area contributed by atoms with E-state index in [-0.39, 0.29) is 12.0 Å². The number of nitrogens with zero attached hydrogens (tertiary/aromatic N) is 2. The number of rotatable bonds is 7. The van der Waals surface area contributed by atoms with Crippen molar-refractivity contribution >= 4 is 23.6 Å². The van der Waals surface area contributed by atoms with E-state index in [0.29, 0.717) is 36.2 Å². The van der Waals surface area contributed by atoms with Crippen molar-refractivity contribution in [1.29, 1.82) is 0 Å². The molecule has 0 radical (unpaired) electrons. The molecular formula is C21H23ClN2O4. The van der Waals surface area contributed by atoms with E-state index < -0.39 is 0 Å². The molecule has 1 aromatic heterocycles. The van der Waals surface area contributed by atoms with Crippen molar-refractivity contribution in [1.82, 2.24) is 9.88 Å². The van der Waals surface area contributed by atoms with E-state index in [0.717, 1.165) is 17.5 Å². The number of amides is 1. The molecule has 2 heterocycles. The highest BCUT2D eigenvalue weighted by Crippen LogP contribution is 2.36. The van der Waals surface area contributed by atoms with E-state index in [1.807, 2.05) is 12.1 Å². The molecule has 1 atom stereocenters. The molecule has 1 amide bonds. The van der Waals surface area contributed by atoms with Crippen LogP contribution in [-0.4, -0.2) is 49.2 Å². The Bertz CT molecular complexity index is 842. The minimum atomic E-state index is -0.0547. The van der Waals surface area contributed by atoms with Crippen LogP contribution in [0.1, 0.15) is 17.5 Å². The third-order valence-corrected chi connectivity index (χ3v) is 4.85. The fourth-order valence-electron chi connectivity index (χ4n) is 3.06. The number of pyridine rings is 1. The highest BCUT2D eigenvalue weighted by atomic mass is 35.5. The standard InChI is InChI=1S/C21H23ClN2O4/c1-26-19-12-16(11-18(22)21(19)27-2)3-4-20(25)24-10-7-17(13-24)28-14-15-5-8-23-9-6-15/h3-6,8-9,11-12,17H,7,10,13-14H2,1-2H3/b4-3+. The van der Waals surface area contributed by atoms with Gasteiger partial charge in [-0.3, -0.25) is 9.78 Å². The number of hydrogen-bond donors (Lipinski definition) is 0. The Labute approximate surface area is 169 Å². The van der Waals surface area contributed by atoms with E-state index in [1.165, 1.54) is 7.11 Å². The average Bonchev–Trinajstić information content (AvgIpc) is 3.20. The quantitative estimate of drug-likeness (QED) is 0.662. The molecule has 7 heteroatoms. The highest BCUT2D eigenvalue weighted by Gasteiger charge is 2.25. The SMILES string of the molecule is COc1cc(/C=C/C(=O)N2CCC(OCc3ccncc3)C2)cc(Cl)c1OC. The monoisotopic (exact) mass is 402 g/mol. The summed E-state index contributed by atoms with van der Waals surface area (Å²) in [5, 5.41) is 0.430. The lowest BCUT2D eigenvalue weighted by Crippen LogP contribution is -2.28. The Hall–Kier alpha value is -2.57. The molecule has 3 rings (SSSR count). The van der Waals surface area contributed by atoms with Gasteiger partial charge in [-0.15, -0.1) is 0 Å². The third-order valence-electron chi connectivity index (χ3n) is 4.57. The Morgan fingerprint density at radius 1 is 1.29 bits per heavy atom. The van der Waals surface area contributed by atoms with E-state index in [9.17, 15) is 4.79 Å². The maximum absolute atomic E-state index is 12.5. The van der Waals surface area contributed by atoms with Crippen molar-refractivity contribution in [2.45, 2.75) is 19.1 Å². The number of hydrogen-bond acceptors (Lipinski definition) is 5. The second-order valence-electron chi connectivity index (χ2n) is 6.43. The fourth-order valence-corrected chi connectivity index (χ4v) is 3.36. The Balaban J connectivity index is 1.56. The first-order valence-corrected chi connectivity index (χ1v) is 9.37. The molecule has 2 aromatic rings. The van der Waals surface area contributed by atoms with Crippen LogP contribution in [0, 0.1) is 0 Å². The topological polar surface area (TPSA) is 60.9 Å². The molecule has 148 valence electrons. The zero-order valence-corrected chi connectivity index (χ0v) is 16.7. The Morgan fingerprint density at radius 3 is 2.79 bits per heavy atom. The van der Waals surface area contributed by atoms with Gasteiger partial charge in [-0.1, -0.05) is 11.6 Å². The van der Waals surface area contributed by atoms with Crippen molar-refractivity contribution in [2.24, 2.45) is 0 Å². The number of benzene rings is 1. The van der Waals surface area contributed by atoms with Gasteiger partial charge in [-0.05, 0) is 47.9 Å². The van der Waals surface area contributed by atoms with E-state index in [2.05, 4.69) is 4.98 Å². The maximum atomic E-state index is 12.5. The van der Waals surface area contributed by atoms with Crippen molar-refractivity contribution in [3.63, 3.8) is 0 Å². The first kappa shape index (κ1) is 20.2. The first-order valence-electron chi connectivity index (χ1n) is 8.99. The van der Waals surface area contributed by atoms with Crippen molar-refractivity contribution < 1.29 is 19.0 Å². The lowest BCUT2D eigenvalue weighted by molar-refractivity contribution is -0.125. The van der Waals surface area contributed by atoms with Gasteiger partial charge in [0.15, 0.2) is 11.5 Å². The van der Waals surface area contributed by atoms with Crippen LogP contribution < -0.4 is 9.47 Å². The van der Waals surface area contributed by atoms with Crippen molar-refractivity contribution in [3.8, 4) is 11.5 Å². The smallest absolute Gasteiger partial charge is 0.246 e. The number of methoxy groups -OCH3 is 2. The van der Waals surface area contributed by atoms with Crippen LogP contribution in [0.25, 0.3) is 6.08 Å². The Morgan fingerprint density at radius 2 is 2.07 bits per heavy atom. The van der Waals surface area contributed by atoms with Gasteiger partial charge in [0.1, 0.15) is 0 Å². The van der Waals surface area contributed by atoms with Crippen LogP contribution in [0.4, 0.5) is 0 Å². The third kappa shape index (κ3) is 5.03. The number of likely N-dealkylation sites (tertiary alicyclic amines) is 1. The molecular weight excluding hydrogens is 380 g/mol. The summed E-state index contributed by atoms with van der Waals surface area (Å²) in [4.78, 5) is 18.3. The maximum Gasteiger partial charge on any atom is 0.246 e. The van der Waals surface area contributed by atoms with Crippen LogP contribution in [0.3, 0.4) is 0 Å². The molecule has 1 aromatic carbocycles. The molecule has 28 heavy (non-hydrogen) atoms. The summed E-state index contributed by atoms with van der Waals surface area (Å²) in [6.45, 7) is 1.78. The summed E-state index contributed by atoms with van der Waals surface area (Å²) in [5.74, 6) is 0.940. The highest BCUT2D eigenvalue weighted by molar-refractivity contribution is 6.32. The molecule has 0 spiro atoms. The second kappa shape index (κ2) is 9.57. The van der Waals surface area contributed by atoms with Gasteiger partial charge in [-0.2, -0.15) is 0 Å². The van der Waals surface area contributed by atoms with Crippen LogP contribution in [-0.2, 0) is 16.1 Å². The van der Waals surface area contributed by atoms with Gasteiger partial charge in [0.05, 0.1) is 32.0 Å². The molecule has 0 saturated carbocycles. The molecule has 6 nitrogen and oxygen atoms in total. The average molecular weight is 403 g/mol. The van der Waals surface area contributed by atoms with Crippen LogP contribution in [0.5, 0.6) is 11.5 Å². The van der Waals surface area contributed by atoms with Crippen LogP contribution in [0.2, 0.25) is 5.02 Å². The minimum Gasteiger partial charge on any atom is -0.493 e. The number of carbonyl (C=O) groups excluding carboxylic acids is 1. The summed E-state index contributed by atoms with van der Waals surface area (Å²) in [6.07, 6.45) is 7.63. The van der Waals surface area contributed by atoms with E-state index in [1.54, 1.807) is 48.7 Å². The van der Waals surface area contributed by atoms with Gasteiger partial charge in [-0.25, -0.2) is 0 Å². The van der Waals surface area contributed by atoms with Gasteiger partial charge in [0, 0.05) is 31.6 Å². The first-order chi connectivity index (χ1) is 13.6. The summed E-state index contributed by atoms with van der Waals surface area (Å²) in [5.41, 5.74) is 1.84. The normalized spacial score (nSPS) is 16.5. The molecule has 1 saturated heterocycles. The van der Waals surface area contributed by atoms with Crippen LogP contribution >= 0.6 is 11.6 Å². The predicted octanol–water partition coefficient (Wildman–Crippen LogP) is 3.58. The van der Waals surface area contributed by atoms with Crippen LogP contribution in [0.15, 0.2) is 42.7 Å². The molecule has 0 aliphatic carbocycles. The molecule has 1 fully saturated rings. The minimum absolute atomic E-state index is 0.0426. The zero-order valence-electron chi connectivity index (χ0n) is 15.9. The van der Waals surface area contributed by atoms with Gasteiger partial charge in [0.2, 0.25) is 5.91 Å². The van der Waals surface area contributed by atoms with Gasteiger partial charge < -0.3 is 19.1 Å². The summed E-state index contributed by atoms with van der Waals surface area (Å²) in [6, 6.07) is 7.36. The van der Waals surface area contributed by atoms with E-state index >= 15 is 0 Å². The zero-order chi connectivity index (χ0) is 19.9. The molecule has 1 unspecified atom stereocenters. The van der Waals surface area contributed by atoms with Gasteiger partial charge >= 0.3 is 0 Å². The second-order valence-corrected chi connectivity index (χ2v) is 6.84. The molecule has 1 aliphatic heterocycles. The largest absolute Gasteiger partial charge is 0.493 e. The number of halogens is 1. The summed E-state index contributed by atoms with van der Waals surface area (Å²) >= 11 is 6.21. The van der Waals surface area contributed by atoms with Gasteiger partial charge in [0.25, 0.3) is 0 Å². The lowest BCUT2D eigenvalue weighted by Gasteiger charge is -2.15. The molecule has 0 N–H and O–H groups in total. The number of carbonyl (C=O) groups is 1. The number of ether oxygens (including phenoxy) is 3. The van der Waals surface area contributed by atoms with Crippen molar-refractivity contribution in [3.05, 3.63) is 58.9 Å². The summed E-state index contributed by atoms with van der Waals surface area (Å²) < 4.78 is 16.4. The molecule has 0 bridgehead atoms.